The van der Waals surface area contributed by atoms with E-state index in [0.29, 0.717) is 6.04 Å². The van der Waals surface area contributed by atoms with Crippen LogP contribution in [0.2, 0.25) is 5.02 Å². The molecule has 0 saturated heterocycles. The highest BCUT2D eigenvalue weighted by atomic mass is 35.5. The summed E-state index contributed by atoms with van der Waals surface area (Å²) in [5, 5.41) is 4.26. The highest BCUT2D eigenvalue weighted by Gasteiger charge is 2.30. The number of hydrogen-bond acceptors (Lipinski definition) is 2. The summed E-state index contributed by atoms with van der Waals surface area (Å²) in [5.74, 6) is 1.61. The second-order valence-electron chi connectivity index (χ2n) is 5.14. The quantitative estimate of drug-likeness (QED) is 0.890. The van der Waals surface area contributed by atoms with Gasteiger partial charge in [-0.2, -0.15) is 0 Å². The van der Waals surface area contributed by atoms with Gasteiger partial charge in [-0.25, -0.2) is 0 Å². The first-order valence-corrected chi connectivity index (χ1v) is 6.86. The third kappa shape index (κ3) is 2.99. The van der Waals surface area contributed by atoms with Crippen molar-refractivity contribution >= 4 is 11.6 Å². The van der Waals surface area contributed by atoms with E-state index < -0.39 is 0 Å². The largest absolute Gasteiger partial charge is 0.316 e. The van der Waals surface area contributed by atoms with E-state index in [2.05, 4.69) is 24.3 Å². The van der Waals surface area contributed by atoms with Crippen molar-refractivity contribution < 1.29 is 0 Å². The molecule has 1 heterocycles. The second kappa shape index (κ2) is 5.83. The van der Waals surface area contributed by atoms with Crippen molar-refractivity contribution in [2.75, 3.05) is 7.05 Å². The molecule has 1 saturated carbocycles. The predicted octanol–water partition coefficient (Wildman–Crippen LogP) is 3.30. The molecule has 2 nitrogen and oxygen atoms in total. The van der Waals surface area contributed by atoms with Crippen LogP contribution in [0.4, 0.5) is 0 Å². The van der Waals surface area contributed by atoms with E-state index >= 15 is 0 Å². The molecule has 1 aromatic heterocycles. The Morgan fingerprint density at radius 2 is 2.35 bits per heavy atom. The zero-order valence-electron chi connectivity index (χ0n) is 10.6. The van der Waals surface area contributed by atoms with Crippen LogP contribution in [0.25, 0.3) is 0 Å². The number of nitrogens with zero attached hydrogens (tertiary/aromatic N) is 1. The lowest BCUT2D eigenvalue weighted by Crippen LogP contribution is -2.36. The van der Waals surface area contributed by atoms with Crippen molar-refractivity contribution in [2.45, 2.75) is 38.6 Å². The van der Waals surface area contributed by atoms with Crippen LogP contribution in [-0.4, -0.2) is 18.1 Å². The molecule has 1 fully saturated rings. The topological polar surface area (TPSA) is 24.9 Å². The van der Waals surface area contributed by atoms with Crippen molar-refractivity contribution in [1.29, 1.82) is 0 Å². The van der Waals surface area contributed by atoms with Gasteiger partial charge in [-0.3, -0.25) is 4.98 Å². The Labute approximate surface area is 109 Å². The molecule has 0 radical (unpaired) electrons. The number of aromatic nitrogens is 1. The first kappa shape index (κ1) is 12.8. The molecule has 0 aliphatic heterocycles. The number of pyridine rings is 1. The van der Waals surface area contributed by atoms with Gasteiger partial charge in [-0.15, -0.1) is 0 Å². The predicted molar refractivity (Wildman–Crippen MR) is 72.3 cm³/mol. The minimum Gasteiger partial charge on any atom is -0.316 e. The van der Waals surface area contributed by atoms with Crippen LogP contribution in [-0.2, 0) is 6.42 Å². The molecule has 1 aliphatic carbocycles. The molecular weight excluding hydrogens is 232 g/mol. The van der Waals surface area contributed by atoms with E-state index in [4.69, 9.17) is 11.6 Å². The summed E-state index contributed by atoms with van der Waals surface area (Å²) in [5.41, 5.74) is 1.21. The molecule has 3 atom stereocenters. The summed E-state index contributed by atoms with van der Waals surface area (Å²) in [4.78, 5) is 4.04. The lowest BCUT2D eigenvalue weighted by atomic mass is 9.87. The molecule has 3 heteroatoms. The first-order valence-electron chi connectivity index (χ1n) is 6.48. The van der Waals surface area contributed by atoms with Crippen molar-refractivity contribution in [1.82, 2.24) is 10.3 Å². The lowest BCUT2D eigenvalue weighted by molar-refractivity contribution is 0.308. The summed E-state index contributed by atoms with van der Waals surface area (Å²) < 4.78 is 0. The second-order valence-corrected chi connectivity index (χ2v) is 5.55. The van der Waals surface area contributed by atoms with Gasteiger partial charge in [0, 0.05) is 18.4 Å². The standard InChI is InChI=1S/C14H21ClN2/c1-10-4-3-5-12(10)14(16-2)8-11-6-7-17-9-13(11)15/h6-7,9-10,12,14,16H,3-5,8H2,1-2H3. The average molecular weight is 253 g/mol. The van der Waals surface area contributed by atoms with E-state index in [0.717, 1.165) is 23.3 Å². The van der Waals surface area contributed by atoms with Crippen LogP contribution in [0.1, 0.15) is 31.7 Å². The fourth-order valence-corrected chi connectivity index (χ4v) is 3.24. The number of likely N-dealkylation sites (N-methyl/N-ethyl adjacent to an activating group) is 1. The van der Waals surface area contributed by atoms with Crippen LogP contribution in [0, 0.1) is 11.8 Å². The van der Waals surface area contributed by atoms with Gasteiger partial charge in [0.05, 0.1) is 5.02 Å². The van der Waals surface area contributed by atoms with Crippen LogP contribution >= 0.6 is 11.6 Å². The van der Waals surface area contributed by atoms with Gasteiger partial charge < -0.3 is 5.32 Å². The highest BCUT2D eigenvalue weighted by molar-refractivity contribution is 6.31. The summed E-state index contributed by atoms with van der Waals surface area (Å²) in [6.45, 7) is 2.37. The maximum absolute atomic E-state index is 6.18. The number of nitrogens with one attached hydrogen (secondary N) is 1. The molecule has 1 aromatic rings. The maximum atomic E-state index is 6.18. The van der Waals surface area contributed by atoms with Gasteiger partial charge in [-0.1, -0.05) is 31.4 Å². The Hall–Kier alpha value is -0.600. The van der Waals surface area contributed by atoms with E-state index in [-0.39, 0.29) is 0 Å². The fourth-order valence-electron chi connectivity index (χ4n) is 3.05. The molecule has 0 spiro atoms. The highest BCUT2D eigenvalue weighted by Crippen LogP contribution is 2.35. The Kier molecular flexibility index (Phi) is 4.41. The fraction of sp³-hybridized carbons (Fsp3) is 0.643. The molecule has 2 rings (SSSR count). The van der Waals surface area contributed by atoms with Gasteiger partial charge in [0.25, 0.3) is 0 Å². The number of rotatable bonds is 4. The summed E-state index contributed by atoms with van der Waals surface area (Å²) >= 11 is 6.18. The van der Waals surface area contributed by atoms with Crippen molar-refractivity contribution in [2.24, 2.45) is 11.8 Å². The third-order valence-electron chi connectivity index (χ3n) is 4.11. The van der Waals surface area contributed by atoms with E-state index in [1.165, 1.54) is 24.8 Å². The van der Waals surface area contributed by atoms with Crippen molar-refractivity contribution in [3.05, 3.63) is 29.0 Å². The Morgan fingerprint density at radius 3 is 2.94 bits per heavy atom. The molecule has 94 valence electrons. The van der Waals surface area contributed by atoms with E-state index in [9.17, 15) is 0 Å². The molecule has 3 unspecified atom stereocenters. The molecular formula is C14H21ClN2. The minimum atomic E-state index is 0.535. The number of hydrogen-bond donors (Lipinski definition) is 1. The van der Waals surface area contributed by atoms with Gasteiger partial charge in [0.15, 0.2) is 0 Å². The smallest absolute Gasteiger partial charge is 0.0621 e. The first-order chi connectivity index (χ1) is 8.22. The zero-order valence-corrected chi connectivity index (χ0v) is 11.4. The van der Waals surface area contributed by atoms with Gasteiger partial charge in [-0.05, 0) is 43.4 Å². The normalized spacial score (nSPS) is 26.1. The van der Waals surface area contributed by atoms with Gasteiger partial charge in [0.1, 0.15) is 0 Å². The minimum absolute atomic E-state index is 0.535. The molecule has 1 N–H and O–H groups in total. The summed E-state index contributed by atoms with van der Waals surface area (Å²) in [6.07, 6.45) is 8.65. The van der Waals surface area contributed by atoms with Gasteiger partial charge in [0.2, 0.25) is 0 Å². The van der Waals surface area contributed by atoms with Crippen molar-refractivity contribution in [3.63, 3.8) is 0 Å². The van der Waals surface area contributed by atoms with Gasteiger partial charge >= 0.3 is 0 Å². The molecule has 0 aromatic carbocycles. The van der Waals surface area contributed by atoms with Crippen LogP contribution in [0.15, 0.2) is 18.5 Å². The van der Waals surface area contributed by atoms with E-state index in [1.54, 1.807) is 6.20 Å². The lowest BCUT2D eigenvalue weighted by Gasteiger charge is -2.27. The Morgan fingerprint density at radius 1 is 1.53 bits per heavy atom. The van der Waals surface area contributed by atoms with Crippen LogP contribution in [0.5, 0.6) is 0 Å². The Bertz CT molecular complexity index is 367. The number of halogens is 1. The summed E-state index contributed by atoms with van der Waals surface area (Å²) in [7, 11) is 2.06. The van der Waals surface area contributed by atoms with Crippen LogP contribution < -0.4 is 5.32 Å². The Balaban J connectivity index is 2.07. The SMILES string of the molecule is CNC(Cc1ccncc1Cl)C1CCCC1C. The third-order valence-corrected chi connectivity index (χ3v) is 4.45. The summed E-state index contributed by atoms with van der Waals surface area (Å²) in [6, 6.07) is 2.57. The molecule has 17 heavy (non-hydrogen) atoms. The molecule has 1 aliphatic rings. The molecule has 0 amide bonds. The van der Waals surface area contributed by atoms with Crippen LogP contribution in [0.3, 0.4) is 0 Å². The zero-order chi connectivity index (χ0) is 12.3. The van der Waals surface area contributed by atoms with Crippen molar-refractivity contribution in [3.8, 4) is 0 Å². The monoisotopic (exact) mass is 252 g/mol. The average Bonchev–Trinajstić information content (AvgIpc) is 2.75. The van der Waals surface area contributed by atoms with E-state index in [1.807, 2.05) is 12.3 Å². The maximum Gasteiger partial charge on any atom is 0.0621 e. The molecule has 0 bridgehead atoms.